The summed E-state index contributed by atoms with van der Waals surface area (Å²) in [4.78, 5) is 18.5. The number of carbonyl (C=O) groups excluding carboxylic acids is 1. The summed E-state index contributed by atoms with van der Waals surface area (Å²) in [7, 11) is 1.58. The summed E-state index contributed by atoms with van der Waals surface area (Å²) in [5.41, 5.74) is 3.06. The highest BCUT2D eigenvalue weighted by Gasteiger charge is 2.30. The summed E-state index contributed by atoms with van der Waals surface area (Å²) in [5.74, 6) is 0.540. The van der Waals surface area contributed by atoms with E-state index in [0.29, 0.717) is 12.4 Å². The summed E-state index contributed by atoms with van der Waals surface area (Å²) in [5, 5.41) is 2.95. The fourth-order valence-corrected chi connectivity index (χ4v) is 2.87. The quantitative estimate of drug-likeness (QED) is 0.947. The maximum Gasteiger partial charge on any atom is 0.322 e. The molecule has 2 heterocycles. The van der Waals surface area contributed by atoms with Crippen molar-refractivity contribution >= 4 is 11.7 Å². The van der Waals surface area contributed by atoms with Crippen LogP contribution in [0.15, 0.2) is 42.6 Å². The van der Waals surface area contributed by atoms with Crippen molar-refractivity contribution in [3.05, 3.63) is 53.7 Å². The first-order valence-electron chi connectivity index (χ1n) is 7.33. The number of pyridine rings is 1. The van der Waals surface area contributed by atoms with Crippen LogP contribution in [0.5, 0.6) is 5.88 Å². The highest BCUT2D eigenvalue weighted by atomic mass is 16.5. The lowest BCUT2D eigenvalue weighted by Gasteiger charge is -2.23. The van der Waals surface area contributed by atoms with Crippen molar-refractivity contribution in [3.63, 3.8) is 0 Å². The molecule has 0 radical (unpaired) electrons. The van der Waals surface area contributed by atoms with E-state index in [-0.39, 0.29) is 12.1 Å². The molecule has 22 heavy (non-hydrogen) atoms. The zero-order valence-electron chi connectivity index (χ0n) is 12.7. The highest BCUT2D eigenvalue weighted by molar-refractivity contribution is 5.94. The molecule has 1 aliphatic heterocycles. The van der Waals surface area contributed by atoms with Crippen LogP contribution in [-0.2, 0) is 13.0 Å². The molecule has 2 aromatic rings. The Kier molecular flexibility index (Phi) is 3.96. The molecule has 0 spiro atoms. The molecule has 0 aliphatic carbocycles. The van der Waals surface area contributed by atoms with Crippen LogP contribution in [-0.4, -0.2) is 24.2 Å². The second-order valence-corrected chi connectivity index (χ2v) is 5.38. The number of aromatic nitrogens is 1. The van der Waals surface area contributed by atoms with E-state index < -0.39 is 0 Å². The Hall–Kier alpha value is -2.56. The van der Waals surface area contributed by atoms with Gasteiger partial charge in [-0.25, -0.2) is 9.78 Å². The number of nitrogens with zero attached hydrogens (tertiary/aromatic N) is 2. The van der Waals surface area contributed by atoms with Crippen molar-refractivity contribution < 1.29 is 9.53 Å². The Morgan fingerprint density at radius 1 is 1.36 bits per heavy atom. The van der Waals surface area contributed by atoms with E-state index in [4.69, 9.17) is 4.74 Å². The molecule has 114 valence electrons. The molecule has 5 heteroatoms. The lowest BCUT2D eigenvalue weighted by atomic mass is 10.1. The third kappa shape index (κ3) is 2.62. The predicted molar refractivity (Wildman–Crippen MR) is 85.1 cm³/mol. The van der Waals surface area contributed by atoms with Gasteiger partial charge in [0.05, 0.1) is 7.11 Å². The summed E-state index contributed by atoms with van der Waals surface area (Å²) >= 11 is 0. The van der Waals surface area contributed by atoms with Gasteiger partial charge in [-0.05, 0) is 31.0 Å². The molecule has 0 bridgehead atoms. The normalized spacial score (nSPS) is 16.3. The molecule has 0 saturated carbocycles. The standard InChI is InChI=1S/C17H19N3O2/c1-12-10-13-6-3-4-8-15(13)20(12)17(21)19-11-14-7-5-9-18-16(14)22-2/h3-9,12H,10-11H2,1-2H3,(H,19,21)/t12-/m1/s1. The number of benzene rings is 1. The smallest absolute Gasteiger partial charge is 0.322 e. The zero-order chi connectivity index (χ0) is 15.5. The maximum absolute atomic E-state index is 12.5. The number of amides is 2. The van der Waals surface area contributed by atoms with Crippen molar-refractivity contribution in [1.82, 2.24) is 10.3 Å². The van der Waals surface area contributed by atoms with E-state index in [2.05, 4.69) is 23.3 Å². The van der Waals surface area contributed by atoms with Crippen molar-refractivity contribution in [1.29, 1.82) is 0 Å². The van der Waals surface area contributed by atoms with Gasteiger partial charge in [0.1, 0.15) is 0 Å². The maximum atomic E-state index is 12.5. The third-order valence-corrected chi connectivity index (χ3v) is 3.90. The van der Waals surface area contributed by atoms with Crippen LogP contribution in [0.3, 0.4) is 0 Å². The molecular weight excluding hydrogens is 278 g/mol. The number of carbonyl (C=O) groups is 1. The minimum Gasteiger partial charge on any atom is -0.481 e. The number of rotatable bonds is 3. The number of methoxy groups -OCH3 is 1. The van der Waals surface area contributed by atoms with Crippen molar-refractivity contribution in [2.75, 3.05) is 12.0 Å². The van der Waals surface area contributed by atoms with Gasteiger partial charge in [-0.15, -0.1) is 0 Å². The topological polar surface area (TPSA) is 54.5 Å². The van der Waals surface area contributed by atoms with Crippen molar-refractivity contribution in [2.24, 2.45) is 0 Å². The number of hydrogen-bond donors (Lipinski definition) is 1. The molecular formula is C17H19N3O2. The van der Waals surface area contributed by atoms with Gasteiger partial charge in [-0.1, -0.05) is 24.3 Å². The highest BCUT2D eigenvalue weighted by Crippen LogP contribution is 2.31. The van der Waals surface area contributed by atoms with E-state index in [9.17, 15) is 4.79 Å². The van der Waals surface area contributed by atoms with Gasteiger partial charge in [0.15, 0.2) is 0 Å². The molecule has 1 atom stereocenters. The van der Waals surface area contributed by atoms with Crippen LogP contribution in [0.4, 0.5) is 10.5 Å². The minimum atomic E-state index is -0.0941. The largest absolute Gasteiger partial charge is 0.481 e. The molecule has 0 saturated heterocycles. The molecule has 5 nitrogen and oxygen atoms in total. The van der Waals surface area contributed by atoms with E-state index in [0.717, 1.165) is 17.7 Å². The summed E-state index contributed by atoms with van der Waals surface area (Å²) in [6, 6.07) is 11.8. The van der Waals surface area contributed by atoms with Crippen LogP contribution >= 0.6 is 0 Å². The molecule has 1 aromatic carbocycles. The fourth-order valence-electron chi connectivity index (χ4n) is 2.87. The Morgan fingerprint density at radius 2 is 2.18 bits per heavy atom. The van der Waals surface area contributed by atoms with Gasteiger partial charge in [-0.3, -0.25) is 4.90 Å². The lowest BCUT2D eigenvalue weighted by molar-refractivity contribution is 0.244. The lowest BCUT2D eigenvalue weighted by Crippen LogP contribution is -2.43. The van der Waals surface area contributed by atoms with E-state index in [1.165, 1.54) is 5.56 Å². The Balaban J connectivity index is 1.73. The van der Waals surface area contributed by atoms with Gasteiger partial charge in [0.25, 0.3) is 0 Å². The van der Waals surface area contributed by atoms with Crippen LogP contribution in [0, 0.1) is 0 Å². The third-order valence-electron chi connectivity index (χ3n) is 3.90. The van der Waals surface area contributed by atoms with Crippen molar-refractivity contribution in [2.45, 2.75) is 25.9 Å². The monoisotopic (exact) mass is 297 g/mol. The molecule has 1 aliphatic rings. The van der Waals surface area contributed by atoms with E-state index in [1.54, 1.807) is 13.3 Å². The van der Waals surface area contributed by atoms with Gasteiger partial charge in [0.2, 0.25) is 5.88 Å². The van der Waals surface area contributed by atoms with Crippen LogP contribution in [0.2, 0.25) is 0 Å². The number of ether oxygens (including phenoxy) is 1. The van der Waals surface area contributed by atoms with E-state index in [1.807, 2.05) is 35.2 Å². The molecule has 2 amide bonds. The van der Waals surface area contributed by atoms with Crippen LogP contribution in [0.1, 0.15) is 18.1 Å². The van der Waals surface area contributed by atoms with Gasteiger partial charge in [0, 0.05) is 30.0 Å². The second-order valence-electron chi connectivity index (χ2n) is 5.38. The zero-order valence-corrected chi connectivity index (χ0v) is 12.7. The summed E-state index contributed by atoms with van der Waals surface area (Å²) in [6.07, 6.45) is 2.56. The number of anilines is 1. The number of para-hydroxylation sites is 1. The first-order chi connectivity index (χ1) is 10.7. The fraction of sp³-hybridized carbons (Fsp3) is 0.294. The molecule has 1 N–H and O–H groups in total. The van der Waals surface area contributed by atoms with Crippen molar-refractivity contribution in [3.8, 4) is 5.88 Å². The first kappa shape index (κ1) is 14.4. The van der Waals surface area contributed by atoms with Crippen LogP contribution in [0.25, 0.3) is 0 Å². The molecule has 3 rings (SSSR count). The molecule has 0 fully saturated rings. The number of fused-ring (bicyclic) bond motifs is 1. The second kappa shape index (κ2) is 6.05. The van der Waals surface area contributed by atoms with Gasteiger partial charge >= 0.3 is 6.03 Å². The summed E-state index contributed by atoms with van der Waals surface area (Å²) < 4.78 is 5.20. The van der Waals surface area contributed by atoms with Crippen LogP contribution < -0.4 is 15.0 Å². The average Bonchev–Trinajstić information content (AvgIpc) is 2.88. The van der Waals surface area contributed by atoms with Gasteiger partial charge < -0.3 is 10.1 Å². The Labute approximate surface area is 129 Å². The SMILES string of the molecule is COc1ncccc1CNC(=O)N1c2ccccc2C[C@H]1C. The molecule has 1 aromatic heterocycles. The number of urea groups is 1. The number of hydrogen-bond acceptors (Lipinski definition) is 3. The number of nitrogens with one attached hydrogen (secondary N) is 1. The summed E-state index contributed by atoms with van der Waals surface area (Å²) in [6.45, 7) is 2.45. The Morgan fingerprint density at radius 3 is 3.00 bits per heavy atom. The minimum absolute atomic E-state index is 0.0941. The van der Waals surface area contributed by atoms with Gasteiger partial charge in [-0.2, -0.15) is 0 Å². The Bertz CT molecular complexity index is 687. The average molecular weight is 297 g/mol. The predicted octanol–water partition coefficient (Wildman–Crippen LogP) is 2.75. The molecule has 0 unspecified atom stereocenters. The first-order valence-corrected chi connectivity index (χ1v) is 7.33. The van der Waals surface area contributed by atoms with E-state index >= 15 is 0 Å².